The third-order valence-electron chi connectivity index (χ3n) is 4.71. The molecule has 0 unspecified atom stereocenters. The minimum absolute atomic E-state index is 0.230. The molecule has 0 spiro atoms. The SMILES string of the molecule is COc1ccc([C@@H]2C[C@H]2NCC(=O)N2CCN(C)CC2)cc1. The summed E-state index contributed by atoms with van der Waals surface area (Å²) < 4.78 is 5.18. The van der Waals surface area contributed by atoms with Gasteiger partial charge in [0.05, 0.1) is 13.7 Å². The molecule has 3 rings (SSSR count). The van der Waals surface area contributed by atoms with Crippen LogP contribution in [0.4, 0.5) is 0 Å². The summed E-state index contributed by atoms with van der Waals surface area (Å²) in [7, 11) is 3.78. The standard InChI is InChI=1S/C17H25N3O2/c1-19-7-9-20(10-8-19)17(21)12-18-16-11-15(16)13-3-5-14(22-2)6-4-13/h3-6,15-16,18H,7-12H2,1-2H3/t15-,16+/m0/s1. The van der Waals surface area contributed by atoms with Gasteiger partial charge in [-0.2, -0.15) is 0 Å². The number of piperazine rings is 1. The average molecular weight is 303 g/mol. The Hall–Kier alpha value is -1.59. The highest BCUT2D eigenvalue weighted by Crippen LogP contribution is 2.41. The van der Waals surface area contributed by atoms with Gasteiger partial charge in [0.2, 0.25) is 5.91 Å². The molecule has 120 valence electrons. The molecule has 1 aliphatic heterocycles. The zero-order valence-corrected chi connectivity index (χ0v) is 13.4. The van der Waals surface area contributed by atoms with Crippen LogP contribution in [0.1, 0.15) is 17.9 Å². The van der Waals surface area contributed by atoms with Gasteiger partial charge in [-0.25, -0.2) is 0 Å². The third-order valence-corrected chi connectivity index (χ3v) is 4.71. The van der Waals surface area contributed by atoms with Crippen molar-refractivity contribution in [3.05, 3.63) is 29.8 Å². The van der Waals surface area contributed by atoms with Crippen molar-refractivity contribution in [1.29, 1.82) is 0 Å². The first kappa shape index (κ1) is 15.3. The average Bonchev–Trinajstić information content (AvgIpc) is 3.33. The van der Waals surface area contributed by atoms with Crippen LogP contribution in [0, 0.1) is 0 Å². The van der Waals surface area contributed by atoms with E-state index in [1.54, 1.807) is 7.11 Å². The molecule has 0 aromatic heterocycles. The van der Waals surface area contributed by atoms with E-state index in [1.165, 1.54) is 5.56 Å². The fraction of sp³-hybridized carbons (Fsp3) is 0.588. The Morgan fingerprint density at radius 1 is 1.23 bits per heavy atom. The van der Waals surface area contributed by atoms with E-state index in [9.17, 15) is 4.79 Å². The summed E-state index contributed by atoms with van der Waals surface area (Å²) in [4.78, 5) is 16.4. The van der Waals surface area contributed by atoms with Crippen LogP contribution in [0.25, 0.3) is 0 Å². The smallest absolute Gasteiger partial charge is 0.236 e. The summed E-state index contributed by atoms with van der Waals surface area (Å²) >= 11 is 0. The summed E-state index contributed by atoms with van der Waals surface area (Å²) in [5.74, 6) is 1.65. The van der Waals surface area contributed by atoms with E-state index < -0.39 is 0 Å². The van der Waals surface area contributed by atoms with E-state index in [1.807, 2.05) is 17.0 Å². The fourth-order valence-electron chi connectivity index (χ4n) is 3.03. The molecule has 22 heavy (non-hydrogen) atoms. The number of methoxy groups -OCH3 is 1. The lowest BCUT2D eigenvalue weighted by atomic mass is 10.1. The molecule has 2 aliphatic rings. The van der Waals surface area contributed by atoms with Crippen LogP contribution in [0.3, 0.4) is 0 Å². The van der Waals surface area contributed by atoms with E-state index in [0.717, 1.165) is 38.3 Å². The zero-order valence-electron chi connectivity index (χ0n) is 13.4. The van der Waals surface area contributed by atoms with E-state index in [0.29, 0.717) is 18.5 Å². The number of likely N-dealkylation sites (N-methyl/N-ethyl adjacent to an activating group) is 1. The first-order chi connectivity index (χ1) is 10.7. The Balaban J connectivity index is 1.42. The molecular weight excluding hydrogens is 278 g/mol. The molecule has 1 aliphatic carbocycles. The molecule has 1 N–H and O–H groups in total. The number of carbonyl (C=O) groups is 1. The fourth-order valence-corrected chi connectivity index (χ4v) is 3.03. The van der Waals surface area contributed by atoms with Crippen molar-refractivity contribution in [2.24, 2.45) is 0 Å². The maximum Gasteiger partial charge on any atom is 0.236 e. The van der Waals surface area contributed by atoms with Gasteiger partial charge >= 0.3 is 0 Å². The Morgan fingerprint density at radius 3 is 2.55 bits per heavy atom. The molecule has 2 fully saturated rings. The van der Waals surface area contributed by atoms with Crippen LogP contribution in [0.2, 0.25) is 0 Å². The number of ether oxygens (including phenoxy) is 1. The molecule has 0 radical (unpaired) electrons. The van der Waals surface area contributed by atoms with E-state index in [4.69, 9.17) is 4.74 Å². The number of hydrogen-bond donors (Lipinski definition) is 1. The van der Waals surface area contributed by atoms with Gasteiger partial charge in [-0.1, -0.05) is 12.1 Å². The third kappa shape index (κ3) is 3.59. The summed E-state index contributed by atoms with van der Waals surface area (Å²) in [6.07, 6.45) is 1.11. The topological polar surface area (TPSA) is 44.8 Å². The molecule has 5 nitrogen and oxygen atoms in total. The first-order valence-corrected chi connectivity index (χ1v) is 8.01. The molecule has 1 heterocycles. The number of rotatable bonds is 5. The number of carbonyl (C=O) groups excluding carboxylic acids is 1. The highest BCUT2D eigenvalue weighted by molar-refractivity contribution is 5.78. The molecule has 1 amide bonds. The van der Waals surface area contributed by atoms with Crippen molar-refractivity contribution >= 4 is 5.91 Å². The van der Waals surface area contributed by atoms with Gasteiger partial charge in [0.15, 0.2) is 0 Å². The number of hydrogen-bond acceptors (Lipinski definition) is 4. The van der Waals surface area contributed by atoms with Crippen LogP contribution in [0.5, 0.6) is 5.75 Å². The minimum atomic E-state index is 0.230. The molecule has 2 atom stereocenters. The Kier molecular flexibility index (Phi) is 4.64. The quantitative estimate of drug-likeness (QED) is 0.878. The van der Waals surface area contributed by atoms with E-state index >= 15 is 0 Å². The molecule has 5 heteroatoms. The highest BCUT2D eigenvalue weighted by atomic mass is 16.5. The van der Waals surface area contributed by atoms with Gasteiger partial charge in [0.25, 0.3) is 0 Å². The molecule has 1 saturated carbocycles. The van der Waals surface area contributed by atoms with Crippen molar-refractivity contribution in [3.63, 3.8) is 0 Å². The number of nitrogens with one attached hydrogen (secondary N) is 1. The van der Waals surface area contributed by atoms with E-state index in [-0.39, 0.29) is 5.91 Å². The monoisotopic (exact) mass is 303 g/mol. The van der Waals surface area contributed by atoms with Crippen LogP contribution in [-0.4, -0.2) is 68.6 Å². The largest absolute Gasteiger partial charge is 0.497 e. The molecule has 1 saturated heterocycles. The van der Waals surface area contributed by atoms with Crippen molar-refractivity contribution in [2.45, 2.75) is 18.4 Å². The second kappa shape index (κ2) is 6.67. The summed E-state index contributed by atoms with van der Waals surface area (Å²) in [5, 5.41) is 3.41. The van der Waals surface area contributed by atoms with Gasteiger partial charge in [-0.3, -0.25) is 4.79 Å². The summed E-state index contributed by atoms with van der Waals surface area (Å²) in [5.41, 5.74) is 1.32. The second-order valence-corrected chi connectivity index (χ2v) is 6.29. The Morgan fingerprint density at radius 2 is 1.91 bits per heavy atom. The Labute approximate surface area is 132 Å². The van der Waals surface area contributed by atoms with Crippen LogP contribution < -0.4 is 10.1 Å². The van der Waals surface area contributed by atoms with Gasteiger partial charge in [-0.05, 0) is 31.2 Å². The van der Waals surface area contributed by atoms with Crippen molar-refractivity contribution in [3.8, 4) is 5.75 Å². The Bertz CT molecular complexity index is 509. The summed E-state index contributed by atoms with van der Waals surface area (Å²) in [6, 6.07) is 8.67. The maximum atomic E-state index is 12.2. The van der Waals surface area contributed by atoms with Gasteiger partial charge < -0.3 is 19.9 Å². The lowest BCUT2D eigenvalue weighted by Crippen LogP contribution is -2.49. The maximum absolute atomic E-state index is 12.2. The minimum Gasteiger partial charge on any atom is -0.497 e. The molecule has 1 aromatic rings. The van der Waals surface area contributed by atoms with Crippen molar-refractivity contribution in [2.75, 3.05) is 46.9 Å². The normalized spacial score (nSPS) is 25.1. The number of amides is 1. The molecule has 0 bridgehead atoms. The first-order valence-electron chi connectivity index (χ1n) is 8.01. The van der Waals surface area contributed by atoms with Crippen LogP contribution >= 0.6 is 0 Å². The predicted molar refractivity (Wildman–Crippen MR) is 86.2 cm³/mol. The zero-order chi connectivity index (χ0) is 15.5. The van der Waals surface area contributed by atoms with Crippen molar-refractivity contribution < 1.29 is 9.53 Å². The summed E-state index contributed by atoms with van der Waals surface area (Å²) in [6.45, 7) is 4.11. The molecular formula is C17H25N3O2. The highest BCUT2D eigenvalue weighted by Gasteiger charge is 2.38. The van der Waals surface area contributed by atoms with E-state index in [2.05, 4.69) is 29.4 Å². The van der Waals surface area contributed by atoms with Gasteiger partial charge in [0, 0.05) is 38.1 Å². The van der Waals surface area contributed by atoms with Gasteiger partial charge in [0.1, 0.15) is 5.75 Å². The van der Waals surface area contributed by atoms with Gasteiger partial charge in [-0.15, -0.1) is 0 Å². The lowest BCUT2D eigenvalue weighted by Gasteiger charge is -2.32. The van der Waals surface area contributed by atoms with Crippen LogP contribution in [0.15, 0.2) is 24.3 Å². The number of benzene rings is 1. The predicted octanol–water partition coefficient (Wildman–Crippen LogP) is 0.915. The second-order valence-electron chi connectivity index (χ2n) is 6.29. The number of nitrogens with zero attached hydrogens (tertiary/aromatic N) is 2. The van der Waals surface area contributed by atoms with Crippen molar-refractivity contribution in [1.82, 2.24) is 15.1 Å². The lowest BCUT2D eigenvalue weighted by molar-refractivity contribution is -0.131. The van der Waals surface area contributed by atoms with Crippen LogP contribution in [-0.2, 0) is 4.79 Å². The molecule has 1 aromatic carbocycles.